The minimum atomic E-state index is 0.218. The summed E-state index contributed by atoms with van der Waals surface area (Å²) in [5, 5.41) is 8.78. The van der Waals surface area contributed by atoms with E-state index in [0.29, 0.717) is 0 Å². The number of hydrogen-bond acceptors (Lipinski definition) is 3. The zero-order valence-corrected chi connectivity index (χ0v) is 9.56. The first-order valence-electron chi connectivity index (χ1n) is 5.24. The molecule has 0 amide bonds. The van der Waals surface area contributed by atoms with Crippen molar-refractivity contribution >= 4 is 0 Å². The lowest BCUT2D eigenvalue weighted by Gasteiger charge is -2.23. The zero-order valence-electron chi connectivity index (χ0n) is 9.56. The quantitative estimate of drug-likeness (QED) is 0.707. The average Bonchev–Trinajstić information content (AvgIpc) is 2.19. The Kier molecular flexibility index (Phi) is 5.32. The number of likely N-dealkylation sites (N-methyl/N-ethyl adjacent to an activating group) is 1. The monoisotopic (exact) mass is 208 g/mol. The molecule has 0 unspecified atom stereocenters. The second-order valence-electron chi connectivity index (χ2n) is 3.94. The molecular formula is C12H20N2O. The predicted molar refractivity (Wildman–Crippen MR) is 62.5 cm³/mol. The Hall–Kier alpha value is -0.900. The Morgan fingerprint density at radius 3 is 2.33 bits per heavy atom. The molecule has 3 nitrogen and oxygen atoms in total. The van der Waals surface area contributed by atoms with Crippen LogP contribution in [0.15, 0.2) is 30.3 Å². The lowest BCUT2D eigenvalue weighted by molar-refractivity contribution is 0.147. The fraction of sp³-hybridized carbons (Fsp3) is 0.500. The van der Waals surface area contributed by atoms with Crippen molar-refractivity contribution in [3.63, 3.8) is 0 Å². The van der Waals surface area contributed by atoms with Gasteiger partial charge in [-0.2, -0.15) is 0 Å². The van der Waals surface area contributed by atoms with Crippen LogP contribution in [0.4, 0.5) is 0 Å². The molecule has 0 atom stereocenters. The van der Waals surface area contributed by atoms with E-state index in [0.717, 1.165) is 19.8 Å². The molecule has 0 spiro atoms. The van der Waals surface area contributed by atoms with Gasteiger partial charge in [0.2, 0.25) is 0 Å². The van der Waals surface area contributed by atoms with E-state index in [1.807, 2.05) is 13.1 Å². The molecule has 0 fully saturated rings. The third kappa shape index (κ3) is 4.93. The normalized spacial score (nSPS) is 11.3. The van der Waals surface area contributed by atoms with Gasteiger partial charge in [0.25, 0.3) is 0 Å². The summed E-state index contributed by atoms with van der Waals surface area (Å²) in [6.45, 7) is 2.75. The summed E-state index contributed by atoms with van der Waals surface area (Å²) in [5.41, 5.74) is 1.32. The van der Waals surface area contributed by atoms with Crippen molar-refractivity contribution in [2.45, 2.75) is 6.54 Å². The van der Waals surface area contributed by atoms with Crippen molar-refractivity contribution in [1.82, 2.24) is 9.80 Å². The molecule has 0 aromatic heterocycles. The molecule has 1 aromatic carbocycles. The maximum absolute atomic E-state index is 8.78. The molecule has 84 valence electrons. The standard InChI is InChI=1S/C12H20N2O/c1-13(8-9-15)11-14(2)10-12-6-4-3-5-7-12/h3-7,15H,8-11H2,1-2H3. The van der Waals surface area contributed by atoms with Gasteiger partial charge in [0.15, 0.2) is 0 Å². The molecule has 1 aromatic rings. The van der Waals surface area contributed by atoms with Gasteiger partial charge in [-0.25, -0.2) is 0 Å². The van der Waals surface area contributed by atoms with Crippen LogP contribution in [0.5, 0.6) is 0 Å². The molecule has 0 aliphatic carbocycles. The van der Waals surface area contributed by atoms with Gasteiger partial charge in [-0.3, -0.25) is 9.80 Å². The largest absolute Gasteiger partial charge is 0.395 e. The summed E-state index contributed by atoms with van der Waals surface area (Å²) in [7, 11) is 4.10. The van der Waals surface area contributed by atoms with Gasteiger partial charge < -0.3 is 5.11 Å². The van der Waals surface area contributed by atoms with Gasteiger partial charge in [-0.15, -0.1) is 0 Å². The maximum atomic E-state index is 8.78. The molecule has 0 bridgehead atoms. The van der Waals surface area contributed by atoms with Crippen molar-refractivity contribution in [3.8, 4) is 0 Å². The average molecular weight is 208 g/mol. The fourth-order valence-electron chi connectivity index (χ4n) is 1.60. The minimum absolute atomic E-state index is 0.218. The van der Waals surface area contributed by atoms with Crippen LogP contribution in [0.1, 0.15) is 5.56 Å². The second kappa shape index (κ2) is 6.56. The van der Waals surface area contributed by atoms with Crippen LogP contribution in [0.3, 0.4) is 0 Å². The summed E-state index contributed by atoms with van der Waals surface area (Å²) in [4.78, 5) is 4.33. The highest BCUT2D eigenvalue weighted by Gasteiger charge is 2.03. The molecule has 3 heteroatoms. The van der Waals surface area contributed by atoms with E-state index in [4.69, 9.17) is 5.11 Å². The Balaban J connectivity index is 2.33. The van der Waals surface area contributed by atoms with Crippen LogP contribution in [0.2, 0.25) is 0 Å². The number of rotatable bonds is 6. The van der Waals surface area contributed by atoms with Gasteiger partial charge in [0.1, 0.15) is 0 Å². The summed E-state index contributed by atoms with van der Waals surface area (Å²) in [5.74, 6) is 0. The summed E-state index contributed by atoms with van der Waals surface area (Å²) in [6, 6.07) is 10.4. The molecular weight excluding hydrogens is 188 g/mol. The molecule has 1 N–H and O–H groups in total. The predicted octanol–water partition coefficient (Wildman–Crippen LogP) is 1.000. The molecule has 0 radical (unpaired) electrons. The zero-order chi connectivity index (χ0) is 11.1. The van der Waals surface area contributed by atoms with Crippen molar-refractivity contribution < 1.29 is 5.11 Å². The Morgan fingerprint density at radius 1 is 1.07 bits per heavy atom. The summed E-state index contributed by atoms with van der Waals surface area (Å²) < 4.78 is 0. The molecule has 0 aliphatic heterocycles. The molecule has 0 saturated carbocycles. The van der Waals surface area contributed by atoms with E-state index in [1.54, 1.807) is 0 Å². The van der Waals surface area contributed by atoms with Crippen LogP contribution in [0.25, 0.3) is 0 Å². The van der Waals surface area contributed by atoms with E-state index >= 15 is 0 Å². The Morgan fingerprint density at radius 2 is 1.73 bits per heavy atom. The third-order valence-electron chi connectivity index (χ3n) is 2.26. The van der Waals surface area contributed by atoms with Gasteiger partial charge in [0.05, 0.1) is 13.3 Å². The maximum Gasteiger partial charge on any atom is 0.0558 e. The number of hydrogen-bond donors (Lipinski definition) is 1. The molecule has 0 saturated heterocycles. The number of nitrogens with zero attached hydrogens (tertiary/aromatic N) is 2. The fourth-order valence-corrected chi connectivity index (χ4v) is 1.60. The van der Waals surface area contributed by atoms with Crippen molar-refractivity contribution in [1.29, 1.82) is 0 Å². The first-order chi connectivity index (χ1) is 7.22. The molecule has 0 aliphatic rings. The van der Waals surface area contributed by atoms with E-state index in [9.17, 15) is 0 Å². The first-order valence-corrected chi connectivity index (χ1v) is 5.24. The van der Waals surface area contributed by atoms with Gasteiger partial charge in [-0.05, 0) is 19.7 Å². The minimum Gasteiger partial charge on any atom is -0.395 e. The Bertz CT molecular complexity index is 264. The smallest absolute Gasteiger partial charge is 0.0558 e. The van der Waals surface area contributed by atoms with Crippen LogP contribution in [0, 0.1) is 0 Å². The van der Waals surface area contributed by atoms with E-state index in [-0.39, 0.29) is 6.61 Å². The van der Waals surface area contributed by atoms with Crippen LogP contribution < -0.4 is 0 Å². The number of aliphatic hydroxyl groups is 1. The van der Waals surface area contributed by atoms with Gasteiger partial charge >= 0.3 is 0 Å². The van der Waals surface area contributed by atoms with E-state index in [1.165, 1.54) is 5.56 Å². The number of benzene rings is 1. The number of aliphatic hydroxyl groups excluding tert-OH is 1. The molecule has 1 rings (SSSR count). The van der Waals surface area contributed by atoms with Crippen molar-refractivity contribution in [3.05, 3.63) is 35.9 Å². The van der Waals surface area contributed by atoms with E-state index < -0.39 is 0 Å². The summed E-state index contributed by atoms with van der Waals surface area (Å²) >= 11 is 0. The topological polar surface area (TPSA) is 26.7 Å². The molecule has 15 heavy (non-hydrogen) atoms. The highest BCUT2D eigenvalue weighted by Crippen LogP contribution is 2.02. The second-order valence-corrected chi connectivity index (χ2v) is 3.94. The third-order valence-corrected chi connectivity index (χ3v) is 2.26. The Labute approximate surface area is 91.9 Å². The van der Waals surface area contributed by atoms with Crippen molar-refractivity contribution in [2.24, 2.45) is 0 Å². The van der Waals surface area contributed by atoms with Gasteiger partial charge in [0, 0.05) is 13.1 Å². The van der Waals surface area contributed by atoms with Crippen LogP contribution in [-0.2, 0) is 6.54 Å². The van der Waals surface area contributed by atoms with Gasteiger partial charge in [-0.1, -0.05) is 30.3 Å². The highest BCUT2D eigenvalue weighted by atomic mass is 16.3. The van der Waals surface area contributed by atoms with Crippen LogP contribution in [-0.4, -0.2) is 48.8 Å². The SMILES string of the molecule is CN(CCO)CN(C)Cc1ccccc1. The first kappa shape index (κ1) is 12.2. The van der Waals surface area contributed by atoms with Crippen molar-refractivity contribution in [2.75, 3.05) is 33.9 Å². The van der Waals surface area contributed by atoms with Crippen LogP contribution >= 0.6 is 0 Å². The van der Waals surface area contributed by atoms with E-state index in [2.05, 4.69) is 41.1 Å². The summed E-state index contributed by atoms with van der Waals surface area (Å²) in [6.07, 6.45) is 0. The highest BCUT2D eigenvalue weighted by molar-refractivity contribution is 5.14. The lowest BCUT2D eigenvalue weighted by Crippen LogP contribution is -2.34. The lowest BCUT2D eigenvalue weighted by atomic mass is 10.2. The molecule has 0 heterocycles.